The van der Waals surface area contributed by atoms with Crippen LogP contribution in [0.15, 0.2) is 48.7 Å². The van der Waals surface area contributed by atoms with Gasteiger partial charge in [-0.05, 0) is 18.2 Å². The molecule has 2 nitrogen and oxygen atoms in total. The topological polar surface area (TPSA) is 17.8 Å². The van der Waals surface area contributed by atoms with E-state index < -0.39 is 17.7 Å². The zero-order valence-electron chi connectivity index (χ0n) is 10.0. The van der Waals surface area contributed by atoms with Gasteiger partial charge in [0, 0.05) is 10.8 Å². The summed E-state index contributed by atoms with van der Waals surface area (Å²) in [6, 6.07) is 9.67. The number of rotatable bonds is 1. The van der Waals surface area contributed by atoms with Crippen molar-refractivity contribution in [3.05, 3.63) is 60.2 Å². The van der Waals surface area contributed by atoms with Gasteiger partial charge in [-0.15, -0.1) is 0 Å². The molecule has 0 atom stereocenters. The van der Waals surface area contributed by atoms with E-state index in [1.165, 1.54) is 12.1 Å². The second-order valence-electron chi connectivity index (χ2n) is 4.24. The number of aromatic nitrogens is 2. The minimum Gasteiger partial charge on any atom is -0.228 e. The van der Waals surface area contributed by atoms with Crippen molar-refractivity contribution in [3.8, 4) is 5.69 Å². The summed E-state index contributed by atoms with van der Waals surface area (Å²) in [6.07, 6.45) is -3.45. The normalized spacial score (nSPS) is 12.0. The molecule has 0 fully saturated rings. The predicted molar refractivity (Wildman–Crippen MR) is 66.0 cm³/mol. The second kappa shape index (κ2) is 4.33. The van der Waals surface area contributed by atoms with E-state index in [0.717, 1.165) is 23.0 Å². The first-order valence-corrected chi connectivity index (χ1v) is 5.77. The molecule has 0 aliphatic carbocycles. The van der Waals surface area contributed by atoms with E-state index in [2.05, 4.69) is 5.10 Å². The second-order valence-corrected chi connectivity index (χ2v) is 4.24. The fraction of sp³-hybridized carbons (Fsp3) is 0.0714. The molecule has 6 heteroatoms. The molecule has 0 aliphatic rings. The average molecular weight is 280 g/mol. The fourth-order valence-corrected chi connectivity index (χ4v) is 2.14. The Bertz CT molecular complexity index is 774. The summed E-state index contributed by atoms with van der Waals surface area (Å²) in [6.45, 7) is 0. The van der Waals surface area contributed by atoms with Gasteiger partial charge in [0.05, 0.1) is 11.9 Å². The number of nitrogens with zero attached hydrogens (tertiary/aromatic N) is 2. The number of benzene rings is 2. The summed E-state index contributed by atoms with van der Waals surface area (Å²) < 4.78 is 53.2. The summed E-state index contributed by atoms with van der Waals surface area (Å²) in [5, 5.41) is 4.34. The molecule has 1 aromatic heterocycles. The van der Waals surface area contributed by atoms with Crippen LogP contribution in [0.5, 0.6) is 0 Å². The third kappa shape index (κ3) is 1.93. The fourth-order valence-electron chi connectivity index (χ4n) is 2.14. The van der Waals surface area contributed by atoms with Gasteiger partial charge in [-0.3, -0.25) is 0 Å². The Kier molecular flexibility index (Phi) is 2.74. The third-order valence-corrected chi connectivity index (χ3v) is 3.01. The Hall–Kier alpha value is -2.37. The molecule has 0 radical (unpaired) electrons. The third-order valence-electron chi connectivity index (χ3n) is 3.01. The maximum Gasteiger partial charge on any atom is 0.433 e. The summed E-state index contributed by atoms with van der Waals surface area (Å²) in [5.74, 6) is -0.481. The first-order chi connectivity index (χ1) is 9.48. The SMILES string of the molecule is Fc1ccc(-n2nccc2C(F)(F)F)c2ccccc12. The van der Waals surface area contributed by atoms with Crippen LogP contribution < -0.4 is 0 Å². The van der Waals surface area contributed by atoms with Crippen LogP contribution in [0.2, 0.25) is 0 Å². The van der Waals surface area contributed by atoms with E-state index >= 15 is 0 Å². The maximum atomic E-state index is 13.7. The van der Waals surface area contributed by atoms with E-state index in [4.69, 9.17) is 0 Å². The van der Waals surface area contributed by atoms with Gasteiger partial charge < -0.3 is 0 Å². The highest BCUT2D eigenvalue weighted by atomic mass is 19.4. The van der Waals surface area contributed by atoms with Gasteiger partial charge in [-0.2, -0.15) is 18.3 Å². The van der Waals surface area contributed by atoms with Crippen LogP contribution in [-0.2, 0) is 6.18 Å². The van der Waals surface area contributed by atoms with Crippen LogP contribution in [0.3, 0.4) is 0 Å². The Labute approximate surface area is 111 Å². The Morgan fingerprint density at radius 2 is 1.60 bits per heavy atom. The average Bonchev–Trinajstić information content (AvgIpc) is 2.89. The smallest absolute Gasteiger partial charge is 0.228 e. The van der Waals surface area contributed by atoms with Crippen LogP contribution >= 0.6 is 0 Å². The van der Waals surface area contributed by atoms with Crippen LogP contribution in [-0.4, -0.2) is 9.78 Å². The maximum absolute atomic E-state index is 13.7. The van der Waals surface area contributed by atoms with Gasteiger partial charge in [0.25, 0.3) is 0 Å². The van der Waals surface area contributed by atoms with Crippen molar-refractivity contribution < 1.29 is 17.6 Å². The molecular weight excluding hydrogens is 272 g/mol. The molecule has 0 unspecified atom stereocenters. The molecule has 20 heavy (non-hydrogen) atoms. The molecule has 0 amide bonds. The number of hydrogen-bond donors (Lipinski definition) is 0. The molecule has 3 aromatic rings. The van der Waals surface area contributed by atoms with Crippen LogP contribution in [0, 0.1) is 5.82 Å². The summed E-state index contributed by atoms with van der Waals surface area (Å²) in [7, 11) is 0. The van der Waals surface area contributed by atoms with E-state index in [-0.39, 0.29) is 11.1 Å². The quantitative estimate of drug-likeness (QED) is 0.611. The molecule has 0 saturated carbocycles. The molecule has 1 heterocycles. The van der Waals surface area contributed by atoms with Crippen molar-refractivity contribution in [1.29, 1.82) is 0 Å². The van der Waals surface area contributed by atoms with Crippen LogP contribution in [0.1, 0.15) is 5.69 Å². The first kappa shape index (κ1) is 12.7. The highest BCUT2D eigenvalue weighted by Gasteiger charge is 2.35. The number of alkyl halides is 3. The Morgan fingerprint density at radius 3 is 2.30 bits per heavy atom. The lowest BCUT2D eigenvalue weighted by molar-refractivity contribution is -0.142. The van der Waals surface area contributed by atoms with Gasteiger partial charge in [-0.25, -0.2) is 9.07 Å². The van der Waals surface area contributed by atoms with E-state index in [9.17, 15) is 17.6 Å². The van der Waals surface area contributed by atoms with Crippen LogP contribution in [0.25, 0.3) is 16.5 Å². The molecule has 0 N–H and O–H groups in total. The molecule has 2 aromatic carbocycles. The Morgan fingerprint density at radius 1 is 0.900 bits per heavy atom. The number of fused-ring (bicyclic) bond motifs is 1. The van der Waals surface area contributed by atoms with Crippen molar-refractivity contribution in [1.82, 2.24) is 9.78 Å². The van der Waals surface area contributed by atoms with Gasteiger partial charge in [0.1, 0.15) is 11.5 Å². The van der Waals surface area contributed by atoms with Gasteiger partial charge in [0.2, 0.25) is 0 Å². The molecular formula is C14H8F4N2. The molecule has 0 aliphatic heterocycles. The molecule has 102 valence electrons. The Balaban J connectivity index is 2.32. The lowest BCUT2D eigenvalue weighted by atomic mass is 10.1. The highest BCUT2D eigenvalue weighted by molar-refractivity contribution is 5.90. The molecule has 0 spiro atoms. The number of hydrogen-bond acceptors (Lipinski definition) is 1. The van der Waals surface area contributed by atoms with E-state index in [1.54, 1.807) is 18.2 Å². The first-order valence-electron chi connectivity index (χ1n) is 5.77. The molecule has 0 saturated heterocycles. The number of halogens is 4. The van der Waals surface area contributed by atoms with Crippen molar-refractivity contribution in [2.45, 2.75) is 6.18 Å². The monoisotopic (exact) mass is 280 g/mol. The molecule has 3 rings (SSSR count). The van der Waals surface area contributed by atoms with E-state index in [0.29, 0.717) is 5.39 Å². The lowest BCUT2D eigenvalue weighted by Crippen LogP contribution is -2.13. The van der Waals surface area contributed by atoms with Crippen molar-refractivity contribution in [3.63, 3.8) is 0 Å². The van der Waals surface area contributed by atoms with Crippen molar-refractivity contribution in [2.75, 3.05) is 0 Å². The van der Waals surface area contributed by atoms with Gasteiger partial charge >= 0.3 is 6.18 Å². The zero-order valence-corrected chi connectivity index (χ0v) is 10.0. The van der Waals surface area contributed by atoms with Crippen molar-refractivity contribution in [2.24, 2.45) is 0 Å². The summed E-state index contributed by atoms with van der Waals surface area (Å²) in [5.41, 5.74) is -0.700. The molecule has 0 bridgehead atoms. The standard InChI is InChI=1S/C14H8F4N2/c15-11-5-6-12(10-4-2-1-3-9(10)11)20-13(7-8-19-20)14(16,17)18/h1-8H. The van der Waals surface area contributed by atoms with Gasteiger partial charge in [0.15, 0.2) is 0 Å². The largest absolute Gasteiger partial charge is 0.433 e. The predicted octanol–water partition coefficient (Wildman–Crippen LogP) is 4.18. The lowest BCUT2D eigenvalue weighted by Gasteiger charge is -2.12. The van der Waals surface area contributed by atoms with E-state index in [1.807, 2.05) is 0 Å². The van der Waals surface area contributed by atoms with Gasteiger partial charge in [-0.1, -0.05) is 24.3 Å². The summed E-state index contributed by atoms with van der Waals surface area (Å²) >= 11 is 0. The van der Waals surface area contributed by atoms with Crippen molar-refractivity contribution >= 4 is 10.8 Å². The zero-order chi connectivity index (χ0) is 14.3. The minimum atomic E-state index is -4.52. The van der Waals surface area contributed by atoms with Crippen LogP contribution in [0.4, 0.5) is 17.6 Å². The summed E-state index contributed by atoms with van der Waals surface area (Å²) in [4.78, 5) is 0. The minimum absolute atomic E-state index is 0.194. The highest BCUT2D eigenvalue weighted by Crippen LogP contribution is 2.32.